The normalized spacial score (nSPS) is 11.0. The maximum Gasteiger partial charge on any atom is 0.254 e. The molecular formula is C19H18F2N2O2. The molecule has 0 bridgehead atoms. The number of hydrogen-bond acceptors (Lipinski definition) is 2. The lowest BCUT2D eigenvalue weighted by molar-refractivity contribution is 0.0991. The largest absolute Gasteiger partial charge is 0.484 e. The van der Waals surface area contributed by atoms with Crippen molar-refractivity contribution in [3.63, 3.8) is 0 Å². The smallest absolute Gasteiger partial charge is 0.254 e. The van der Waals surface area contributed by atoms with Crippen LogP contribution in [0.4, 0.5) is 8.78 Å². The number of primary amides is 1. The number of halogens is 2. The number of nitrogens with two attached hydrogens (primary N) is 1. The van der Waals surface area contributed by atoms with Gasteiger partial charge >= 0.3 is 0 Å². The molecule has 25 heavy (non-hydrogen) atoms. The predicted octanol–water partition coefficient (Wildman–Crippen LogP) is 4.08. The van der Waals surface area contributed by atoms with E-state index in [-0.39, 0.29) is 12.4 Å². The highest BCUT2D eigenvalue weighted by atomic mass is 19.1. The maximum absolute atomic E-state index is 14.2. The molecule has 2 aromatic carbocycles. The van der Waals surface area contributed by atoms with Gasteiger partial charge in [-0.15, -0.1) is 0 Å². The van der Waals surface area contributed by atoms with Crippen LogP contribution in [0.2, 0.25) is 0 Å². The lowest BCUT2D eigenvalue weighted by atomic mass is 10.1. The molecule has 130 valence electrons. The van der Waals surface area contributed by atoms with Crippen LogP contribution < -0.4 is 10.5 Å². The molecule has 0 aliphatic heterocycles. The van der Waals surface area contributed by atoms with E-state index in [4.69, 9.17) is 10.5 Å². The van der Waals surface area contributed by atoms with E-state index in [1.807, 2.05) is 12.1 Å². The summed E-state index contributed by atoms with van der Waals surface area (Å²) >= 11 is 0. The molecule has 0 unspecified atom stereocenters. The summed E-state index contributed by atoms with van der Waals surface area (Å²) in [6.45, 7) is 2.17. The van der Waals surface area contributed by atoms with Crippen LogP contribution >= 0.6 is 0 Å². The fourth-order valence-corrected chi connectivity index (χ4v) is 2.78. The average molecular weight is 344 g/mol. The van der Waals surface area contributed by atoms with E-state index in [2.05, 4.69) is 24.0 Å². The van der Waals surface area contributed by atoms with Gasteiger partial charge in [-0.2, -0.15) is 0 Å². The first-order valence-electron chi connectivity index (χ1n) is 8.00. The van der Waals surface area contributed by atoms with E-state index in [1.165, 1.54) is 5.56 Å². The number of H-pyrrole nitrogens is 1. The molecule has 3 rings (SSSR count). The van der Waals surface area contributed by atoms with Gasteiger partial charge in [0.05, 0.1) is 5.69 Å². The number of hydrogen-bond donors (Lipinski definition) is 2. The van der Waals surface area contributed by atoms with Crippen LogP contribution in [0.15, 0.2) is 36.4 Å². The van der Waals surface area contributed by atoms with Crippen molar-refractivity contribution in [2.45, 2.75) is 26.4 Å². The Morgan fingerprint density at radius 1 is 1.20 bits per heavy atom. The molecule has 4 nitrogen and oxygen atoms in total. The highest BCUT2D eigenvalue weighted by molar-refractivity contribution is 5.93. The van der Waals surface area contributed by atoms with Gasteiger partial charge in [-0.05, 0) is 41.6 Å². The first-order valence-corrected chi connectivity index (χ1v) is 8.00. The topological polar surface area (TPSA) is 68.1 Å². The number of benzene rings is 2. The molecule has 1 aromatic heterocycles. The summed E-state index contributed by atoms with van der Waals surface area (Å²) < 4.78 is 33.0. The van der Waals surface area contributed by atoms with Crippen molar-refractivity contribution < 1.29 is 18.3 Å². The third kappa shape index (κ3) is 3.47. The number of ether oxygens (including phenoxy) is 1. The Labute approximate surface area is 143 Å². The Morgan fingerprint density at radius 2 is 2.00 bits per heavy atom. The van der Waals surface area contributed by atoms with Crippen LogP contribution in [0.5, 0.6) is 5.75 Å². The average Bonchev–Trinajstić information content (AvgIpc) is 2.96. The van der Waals surface area contributed by atoms with Gasteiger partial charge in [0.15, 0.2) is 11.6 Å². The number of aryl methyl sites for hydroxylation is 1. The molecule has 3 N–H and O–H groups in total. The zero-order valence-corrected chi connectivity index (χ0v) is 13.7. The highest BCUT2D eigenvalue weighted by Crippen LogP contribution is 2.25. The van der Waals surface area contributed by atoms with Crippen molar-refractivity contribution in [2.75, 3.05) is 0 Å². The number of fused-ring (bicyclic) bond motifs is 1. The third-order valence-electron chi connectivity index (χ3n) is 3.97. The molecule has 0 atom stereocenters. The minimum atomic E-state index is -1.17. The maximum atomic E-state index is 14.2. The van der Waals surface area contributed by atoms with Crippen molar-refractivity contribution in [1.82, 2.24) is 4.98 Å². The minimum Gasteiger partial charge on any atom is -0.484 e. The van der Waals surface area contributed by atoms with Crippen LogP contribution in [-0.2, 0) is 13.0 Å². The minimum absolute atomic E-state index is 0.0541. The van der Waals surface area contributed by atoms with Gasteiger partial charge in [-0.3, -0.25) is 4.79 Å². The van der Waals surface area contributed by atoms with Crippen molar-refractivity contribution in [1.29, 1.82) is 0 Å². The Hall–Kier alpha value is -2.89. The van der Waals surface area contributed by atoms with Gasteiger partial charge in [0.1, 0.15) is 18.0 Å². The number of aromatic nitrogens is 1. The third-order valence-corrected chi connectivity index (χ3v) is 3.97. The van der Waals surface area contributed by atoms with E-state index < -0.39 is 23.1 Å². The van der Waals surface area contributed by atoms with Crippen molar-refractivity contribution in [2.24, 2.45) is 5.73 Å². The molecule has 6 heteroatoms. The molecule has 0 saturated carbocycles. The van der Waals surface area contributed by atoms with Gasteiger partial charge in [0.2, 0.25) is 0 Å². The van der Waals surface area contributed by atoms with Crippen LogP contribution in [0.1, 0.15) is 35.0 Å². The molecule has 0 saturated heterocycles. The zero-order valence-electron chi connectivity index (χ0n) is 13.7. The second-order valence-electron chi connectivity index (χ2n) is 5.85. The van der Waals surface area contributed by atoms with E-state index in [1.54, 1.807) is 0 Å². The number of rotatable bonds is 6. The van der Waals surface area contributed by atoms with E-state index >= 15 is 0 Å². The van der Waals surface area contributed by atoms with Crippen LogP contribution in [0, 0.1) is 11.6 Å². The molecule has 0 spiro atoms. The van der Waals surface area contributed by atoms with Crippen LogP contribution in [0.3, 0.4) is 0 Å². The zero-order chi connectivity index (χ0) is 18.0. The molecular weight excluding hydrogens is 326 g/mol. The van der Waals surface area contributed by atoms with Gasteiger partial charge in [0, 0.05) is 5.52 Å². The first kappa shape index (κ1) is 17.0. The summed E-state index contributed by atoms with van der Waals surface area (Å²) in [6.07, 6.45) is 2.06. The van der Waals surface area contributed by atoms with E-state index in [0.717, 1.165) is 41.6 Å². The Morgan fingerprint density at radius 3 is 2.72 bits per heavy atom. The molecule has 0 fully saturated rings. The number of carbonyl (C=O) groups is 1. The second kappa shape index (κ2) is 6.93. The van der Waals surface area contributed by atoms with Crippen LogP contribution in [-0.4, -0.2) is 10.9 Å². The fourth-order valence-electron chi connectivity index (χ4n) is 2.78. The molecule has 1 heterocycles. The SMILES string of the molecule is CCCc1ccc2cc(COc3ccc(F)c(C(N)=O)c3F)[nH]c2c1. The second-order valence-corrected chi connectivity index (χ2v) is 5.85. The highest BCUT2D eigenvalue weighted by Gasteiger charge is 2.19. The number of aromatic amines is 1. The molecule has 0 aliphatic carbocycles. The number of nitrogens with one attached hydrogen (secondary N) is 1. The summed E-state index contributed by atoms with van der Waals surface area (Å²) in [5.41, 5.74) is 7.16. The van der Waals surface area contributed by atoms with Crippen LogP contribution in [0.25, 0.3) is 10.9 Å². The van der Waals surface area contributed by atoms with E-state index in [0.29, 0.717) is 0 Å². The number of amides is 1. The van der Waals surface area contributed by atoms with Gasteiger partial charge in [-0.25, -0.2) is 8.78 Å². The molecule has 3 aromatic rings. The summed E-state index contributed by atoms with van der Waals surface area (Å²) in [7, 11) is 0. The van der Waals surface area contributed by atoms with E-state index in [9.17, 15) is 13.6 Å². The summed E-state index contributed by atoms with van der Waals surface area (Å²) in [6, 6.07) is 10.2. The standard InChI is InChI=1S/C19H18F2N2O2/c1-2-3-11-4-5-12-9-13(23-15(12)8-11)10-25-16-7-6-14(20)17(18(16)21)19(22)24/h4-9,23H,2-3,10H2,1H3,(H2,22,24). The molecule has 0 aliphatic rings. The fraction of sp³-hybridized carbons (Fsp3) is 0.211. The van der Waals surface area contributed by atoms with Crippen molar-refractivity contribution in [3.05, 3.63) is 64.9 Å². The molecule has 1 amide bonds. The number of carbonyl (C=O) groups excluding carboxylic acids is 1. The Balaban J connectivity index is 1.81. The lowest BCUT2D eigenvalue weighted by Gasteiger charge is -2.08. The Kier molecular flexibility index (Phi) is 4.70. The quantitative estimate of drug-likeness (QED) is 0.707. The first-order chi connectivity index (χ1) is 12.0. The van der Waals surface area contributed by atoms with Crippen molar-refractivity contribution >= 4 is 16.8 Å². The van der Waals surface area contributed by atoms with Gasteiger partial charge in [-0.1, -0.05) is 25.5 Å². The summed E-state index contributed by atoms with van der Waals surface area (Å²) in [5, 5.41) is 1.02. The predicted molar refractivity (Wildman–Crippen MR) is 91.5 cm³/mol. The monoisotopic (exact) mass is 344 g/mol. The lowest BCUT2D eigenvalue weighted by Crippen LogP contribution is -2.16. The molecule has 0 radical (unpaired) electrons. The summed E-state index contributed by atoms with van der Waals surface area (Å²) in [5.74, 6) is -3.49. The van der Waals surface area contributed by atoms with Gasteiger partial charge < -0.3 is 15.5 Å². The Bertz CT molecular complexity index is 935. The summed E-state index contributed by atoms with van der Waals surface area (Å²) in [4.78, 5) is 14.4. The van der Waals surface area contributed by atoms with Crippen molar-refractivity contribution in [3.8, 4) is 5.75 Å². The van der Waals surface area contributed by atoms with Gasteiger partial charge in [0.25, 0.3) is 5.91 Å².